The summed E-state index contributed by atoms with van der Waals surface area (Å²) in [6, 6.07) is 4.20. The van der Waals surface area contributed by atoms with Gasteiger partial charge in [0.1, 0.15) is 5.56 Å². The summed E-state index contributed by atoms with van der Waals surface area (Å²) >= 11 is 5.90. The van der Waals surface area contributed by atoms with Crippen LogP contribution in [0.1, 0.15) is 31.5 Å². The maximum Gasteiger partial charge on any atom is 0.282 e. The minimum Gasteiger partial charge on any atom is -0.334 e. The Bertz CT molecular complexity index is 694. The molecule has 0 aliphatic heterocycles. The second-order valence-electron chi connectivity index (χ2n) is 5.20. The number of nitro groups is 1. The van der Waals surface area contributed by atoms with Gasteiger partial charge in [-0.3, -0.25) is 10.1 Å². The van der Waals surface area contributed by atoms with Crippen LogP contribution in [0.25, 0.3) is 11.5 Å². The van der Waals surface area contributed by atoms with Gasteiger partial charge in [0.05, 0.1) is 10.5 Å². The highest BCUT2D eigenvalue weighted by atomic mass is 35.5. The number of rotatable bonds is 3. The van der Waals surface area contributed by atoms with Gasteiger partial charge in [-0.05, 0) is 25.0 Å². The summed E-state index contributed by atoms with van der Waals surface area (Å²) < 4.78 is 5.17. The van der Waals surface area contributed by atoms with Crippen molar-refractivity contribution in [1.29, 1.82) is 0 Å². The summed E-state index contributed by atoms with van der Waals surface area (Å²) in [5.74, 6) is 0.459. The summed E-state index contributed by atoms with van der Waals surface area (Å²) in [5.41, 5.74) is 5.72. The third-order valence-electron chi connectivity index (χ3n) is 3.75. The van der Waals surface area contributed by atoms with Crippen LogP contribution in [-0.2, 0) is 5.54 Å². The van der Waals surface area contributed by atoms with Gasteiger partial charge in [0, 0.05) is 11.1 Å². The van der Waals surface area contributed by atoms with Gasteiger partial charge in [0.2, 0.25) is 0 Å². The molecule has 1 aromatic heterocycles. The smallest absolute Gasteiger partial charge is 0.282 e. The third-order valence-corrected chi connectivity index (χ3v) is 3.99. The Hall–Kier alpha value is -1.99. The lowest BCUT2D eigenvalue weighted by molar-refractivity contribution is -0.384. The topological polar surface area (TPSA) is 108 Å². The normalized spacial score (nSPS) is 17.0. The van der Waals surface area contributed by atoms with Crippen LogP contribution in [-0.4, -0.2) is 15.1 Å². The fraction of sp³-hybridized carbons (Fsp3) is 0.385. The van der Waals surface area contributed by atoms with E-state index < -0.39 is 10.5 Å². The first-order chi connectivity index (χ1) is 9.99. The van der Waals surface area contributed by atoms with E-state index in [0.717, 1.165) is 25.7 Å². The molecule has 1 aromatic carbocycles. The van der Waals surface area contributed by atoms with Crippen molar-refractivity contribution in [2.45, 2.75) is 31.2 Å². The maximum atomic E-state index is 11.1. The molecule has 1 heterocycles. The summed E-state index contributed by atoms with van der Waals surface area (Å²) in [5, 5.41) is 15.3. The standard InChI is InChI=1S/C13H13ClN4O3/c14-8-3-4-10(18(19)20)9(7-8)11-16-12(17-21-11)13(15)5-1-2-6-13/h3-4,7H,1-2,5-6,15H2. The number of nitrogens with two attached hydrogens (primary N) is 1. The lowest BCUT2D eigenvalue weighted by atomic mass is 9.98. The van der Waals surface area contributed by atoms with E-state index >= 15 is 0 Å². The molecule has 0 spiro atoms. The molecule has 0 radical (unpaired) electrons. The van der Waals surface area contributed by atoms with Gasteiger partial charge in [0.25, 0.3) is 11.6 Å². The summed E-state index contributed by atoms with van der Waals surface area (Å²) in [6.45, 7) is 0. The number of hydrogen-bond donors (Lipinski definition) is 1. The van der Waals surface area contributed by atoms with E-state index in [1.807, 2.05) is 0 Å². The molecule has 8 heteroatoms. The first kappa shape index (κ1) is 14.0. The van der Waals surface area contributed by atoms with E-state index in [4.69, 9.17) is 21.9 Å². The van der Waals surface area contributed by atoms with Crippen LogP contribution in [0.2, 0.25) is 5.02 Å². The second kappa shape index (κ2) is 5.09. The fourth-order valence-electron chi connectivity index (χ4n) is 2.60. The molecule has 2 N–H and O–H groups in total. The molecule has 1 fully saturated rings. The molecule has 2 aromatic rings. The van der Waals surface area contributed by atoms with E-state index in [1.54, 1.807) is 0 Å². The van der Waals surface area contributed by atoms with E-state index in [-0.39, 0.29) is 17.1 Å². The summed E-state index contributed by atoms with van der Waals surface area (Å²) in [4.78, 5) is 14.8. The van der Waals surface area contributed by atoms with Gasteiger partial charge in [0.15, 0.2) is 5.82 Å². The van der Waals surface area contributed by atoms with Crippen LogP contribution in [0.15, 0.2) is 22.7 Å². The van der Waals surface area contributed by atoms with Gasteiger partial charge in [-0.25, -0.2) is 0 Å². The van der Waals surface area contributed by atoms with Crippen molar-refractivity contribution < 1.29 is 9.45 Å². The van der Waals surface area contributed by atoms with E-state index in [0.29, 0.717) is 10.8 Å². The van der Waals surface area contributed by atoms with E-state index in [1.165, 1.54) is 18.2 Å². The van der Waals surface area contributed by atoms with Crippen molar-refractivity contribution in [3.8, 4) is 11.5 Å². The molecule has 0 saturated heterocycles. The average Bonchev–Trinajstić information content (AvgIpc) is 3.07. The zero-order valence-electron chi connectivity index (χ0n) is 11.1. The zero-order chi connectivity index (χ0) is 15.0. The molecule has 1 aliphatic rings. The van der Waals surface area contributed by atoms with Gasteiger partial charge in [-0.2, -0.15) is 4.98 Å². The molecule has 21 heavy (non-hydrogen) atoms. The van der Waals surface area contributed by atoms with Crippen molar-refractivity contribution in [3.63, 3.8) is 0 Å². The molecular weight excluding hydrogens is 296 g/mol. The first-order valence-electron chi connectivity index (χ1n) is 6.57. The summed E-state index contributed by atoms with van der Waals surface area (Å²) in [7, 11) is 0. The SMILES string of the molecule is NC1(c2noc(-c3cc(Cl)ccc3[N+](=O)[O-])n2)CCCC1. The minimum absolute atomic E-state index is 0.0657. The van der Waals surface area contributed by atoms with Gasteiger partial charge >= 0.3 is 0 Å². The molecule has 110 valence electrons. The number of aromatic nitrogens is 2. The summed E-state index contributed by atoms with van der Waals surface area (Å²) in [6.07, 6.45) is 3.59. The van der Waals surface area contributed by atoms with Crippen LogP contribution in [0.5, 0.6) is 0 Å². The molecule has 7 nitrogen and oxygen atoms in total. The van der Waals surface area contributed by atoms with Crippen molar-refractivity contribution in [1.82, 2.24) is 10.1 Å². The molecule has 1 saturated carbocycles. The predicted octanol–water partition coefficient (Wildman–Crippen LogP) is 3.03. The van der Waals surface area contributed by atoms with Crippen LogP contribution >= 0.6 is 11.6 Å². The largest absolute Gasteiger partial charge is 0.334 e. The zero-order valence-corrected chi connectivity index (χ0v) is 11.8. The molecule has 1 aliphatic carbocycles. The van der Waals surface area contributed by atoms with Gasteiger partial charge in [-0.15, -0.1) is 0 Å². The molecule has 0 amide bonds. The van der Waals surface area contributed by atoms with Crippen LogP contribution in [0, 0.1) is 10.1 Å². The lowest BCUT2D eigenvalue weighted by Gasteiger charge is -2.17. The van der Waals surface area contributed by atoms with Crippen LogP contribution in [0.3, 0.4) is 0 Å². The van der Waals surface area contributed by atoms with Gasteiger partial charge in [-0.1, -0.05) is 29.6 Å². The minimum atomic E-state index is -0.602. The Labute approximate surface area is 125 Å². The molecule has 0 atom stereocenters. The Morgan fingerprint density at radius 3 is 2.76 bits per heavy atom. The number of benzene rings is 1. The van der Waals surface area contributed by atoms with Gasteiger partial charge < -0.3 is 10.3 Å². The molecule has 0 unspecified atom stereocenters. The first-order valence-corrected chi connectivity index (χ1v) is 6.95. The fourth-order valence-corrected chi connectivity index (χ4v) is 2.78. The highest BCUT2D eigenvalue weighted by molar-refractivity contribution is 6.31. The average molecular weight is 309 g/mol. The molecular formula is C13H13ClN4O3. The Kier molecular flexibility index (Phi) is 3.38. The van der Waals surface area contributed by atoms with Crippen LogP contribution in [0.4, 0.5) is 5.69 Å². The second-order valence-corrected chi connectivity index (χ2v) is 5.64. The highest BCUT2D eigenvalue weighted by Crippen LogP contribution is 2.37. The molecule has 3 rings (SSSR count). The van der Waals surface area contributed by atoms with E-state index in [9.17, 15) is 10.1 Å². The number of nitrogens with zero attached hydrogens (tertiary/aromatic N) is 3. The van der Waals surface area contributed by atoms with Crippen LogP contribution < -0.4 is 5.73 Å². The predicted molar refractivity (Wildman–Crippen MR) is 75.7 cm³/mol. The molecule has 0 bridgehead atoms. The Morgan fingerprint density at radius 2 is 2.10 bits per heavy atom. The number of halogens is 1. The van der Waals surface area contributed by atoms with E-state index in [2.05, 4.69) is 10.1 Å². The lowest BCUT2D eigenvalue weighted by Crippen LogP contribution is -2.34. The van der Waals surface area contributed by atoms with Crippen molar-refractivity contribution in [2.24, 2.45) is 5.73 Å². The number of nitro benzene ring substituents is 1. The highest BCUT2D eigenvalue weighted by Gasteiger charge is 2.36. The maximum absolute atomic E-state index is 11.1. The number of hydrogen-bond acceptors (Lipinski definition) is 6. The Morgan fingerprint density at radius 1 is 1.38 bits per heavy atom. The Balaban J connectivity index is 2.04. The van der Waals surface area contributed by atoms with Crippen molar-refractivity contribution in [3.05, 3.63) is 39.2 Å². The monoisotopic (exact) mass is 308 g/mol. The van der Waals surface area contributed by atoms with Crippen molar-refractivity contribution >= 4 is 17.3 Å². The third kappa shape index (κ3) is 2.50. The van der Waals surface area contributed by atoms with Crippen molar-refractivity contribution in [2.75, 3.05) is 0 Å². The quantitative estimate of drug-likeness (QED) is 0.689.